The van der Waals surface area contributed by atoms with Crippen LogP contribution >= 0.6 is 11.3 Å². The van der Waals surface area contributed by atoms with Gasteiger partial charge in [-0.3, -0.25) is 0 Å². The third-order valence-electron chi connectivity index (χ3n) is 3.46. The molecule has 3 aromatic rings. The van der Waals surface area contributed by atoms with E-state index in [0.29, 0.717) is 0 Å². The van der Waals surface area contributed by atoms with Crippen LogP contribution in [0.2, 0.25) is 0 Å². The molecular formula is C18H17NOS. The summed E-state index contributed by atoms with van der Waals surface area (Å²) in [6.45, 7) is 2.13. The lowest BCUT2D eigenvalue weighted by Gasteiger charge is -2.10. The number of aryl methyl sites for hydroxylation is 1. The van der Waals surface area contributed by atoms with Gasteiger partial charge in [-0.05, 0) is 35.7 Å². The first-order chi connectivity index (χ1) is 10.3. The summed E-state index contributed by atoms with van der Waals surface area (Å²) >= 11 is 1.70. The van der Waals surface area contributed by atoms with E-state index in [1.165, 1.54) is 5.56 Å². The Morgan fingerprint density at radius 1 is 1.05 bits per heavy atom. The maximum absolute atomic E-state index is 5.38. The van der Waals surface area contributed by atoms with E-state index < -0.39 is 0 Å². The minimum Gasteiger partial charge on any atom is -0.497 e. The highest BCUT2D eigenvalue weighted by molar-refractivity contribution is 7.13. The van der Waals surface area contributed by atoms with E-state index in [1.807, 2.05) is 12.1 Å². The Morgan fingerprint density at radius 2 is 1.86 bits per heavy atom. The summed E-state index contributed by atoms with van der Waals surface area (Å²) in [5, 5.41) is 3.20. The molecule has 1 aromatic heterocycles. The first-order valence-corrected chi connectivity index (χ1v) is 7.88. The lowest BCUT2D eigenvalue weighted by Crippen LogP contribution is -1.89. The first kappa shape index (κ1) is 13.8. The molecule has 0 atom stereocenters. The van der Waals surface area contributed by atoms with Gasteiger partial charge in [0.15, 0.2) is 0 Å². The number of thiazole rings is 1. The molecule has 0 spiro atoms. The molecule has 0 bridgehead atoms. The van der Waals surface area contributed by atoms with Gasteiger partial charge >= 0.3 is 0 Å². The molecular weight excluding hydrogens is 278 g/mol. The van der Waals surface area contributed by atoms with Crippen LogP contribution in [-0.4, -0.2) is 12.1 Å². The highest BCUT2D eigenvalue weighted by Crippen LogP contribution is 2.36. The average molecular weight is 295 g/mol. The Bertz CT molecular complexity index is 734. The van der Waals surface area contributed by atoms with Gasteiger partial charge in [0.05, 0.1) is 12.8 Å². The zero-order valence-electron chi connectivity index (χ0n) is 12.2. The monoisotopic (exact) mass is 295 g/mol. The second-order valence-corrected chi connectivity index (χ2v) is 5.63. The zero-order chi connectivity index (χ0) is 14.7. The Labute approximate surface area is 129 Å². The number of hydrogen-bond acceptors (Lipinski definition) is 3. The molecule has 0 fully saturated rings. The summed E-state index contributed by atoms with van der Waals surface area (Å²) in [5.74, 6) is 0.866. The smallest absolute Gasteiger partial charge is 0.124 e. The highest BCUT2D eigenvalue weighted by atomic mass is 32.1. The van der Waals surface area contributed by atoms with Crippen LogP contribution in [-0.2, 0) is 6.42 Å². The van der Waals surface area contributed by atoms with Crippen molar-refractivity contribution in [3.8, 4) is 27.4 Å². The van der Waals surface area contributed by atoms with E-state index in [9.17, 15) is 0 Å². The molecule has 3 rings (SSSR count). The van der Waals surface area contributed by atoms with E-state index in [0.717, 1.165) is 34.0 Å². The van der Waals surface area contributed by atoms with Crippen LogP contribution in [0.5, 0.6) is 5.75 Å². The minimum absolute atomic E-state index is 0.866. The predicted octanol–water partition coefficient (Wildman–Crippen LogP) is 5.05. The number of rotatable bonds is 4. The maximum Gasteiger partial charge on any atom is 0.124 e. The van der Waals surface area contributed by atoms with Crippen LogP contribution in [0.25, 0.3) is 21.7 Å². The molecule has 0 aliphatic heterocycles. The lowest BCUT2D eigenvalue weighted by molar-refractivity contribution is 0.415. The van der Waals surface area contributed by atoms with Gasteiger partial charge in [-0.25, -0.2) is 4.98 Å². The first-order valence-electron chi connectivity index (χ1n) is 7.00. The van der Waals surface area contributed by atoms with Crippen LogP contribution in [0, 0.1) is 0 Å². The highest BCUT2D eigenvalue weighted by Gasteiger charge is 2.12. The van der Waals surface area contributed by atoms with Gasteiger partial charge in [-0.1, -0.05) is 37.3 Å². The second kappa shape index (κ2) is 6.10. The number of benzene rings is 2. The van der Waals surface area contributed by atoms with E-state index in [4.69, 9.17) is 9.72 Å². The van der Waals surface area contributed by atoms with Crippen molar-refractivity contribution in [2.24, 2.45) is 0 Å². The van der Waals surface area contributed by atoms with E-state index >= 15 is 0 Å². The molecule has 0 unspecified atom stereocenters. The zero-order valence-corrected chi connectivity index (χ0v) is 13.0. The van der Waals surface area contributed by atoms with Crippen molar-refractivity contribution >= 4 is 11.3 Å². The number of aromatic nitrogens is 1. The quantitative estimate of drug-likeness (QED) is 0.672. The van der Waals surface area contributed by atoms with Gasteiger partial charge in [0.2, 0.25) is 0 Å². The molecule has 0 saturated carbocycles. The van der Waals surface area contributed by atoms with Crippen molar-refractivity contribution in [1.82, 2.24) is 4.98 Å². The fourth-order valence-electron chi connectivity index (χ4n) is 2.29. The molecule has 0 N–H and O–H groups in total. The Kier molecular flexibility index (Phi) is 4.02. The van der Waals surface area contributed by atoms with Gasteiger partial charge in [0, 0.05) is 10.9 Å². The van der Waals surface area contributed by atoms with Crippen LogP contribution < -0.4 is 4.74 Å². The molecule has 0 radical (unpaired) electrons. The van der Waals surface area contributed by atoms with Crippen molar-refractivity contribution in [1.29, 1.82) is 0 Å². The molecule has 0 amide bonds. The number of methoxy groups -OCH3 is 1. The third kappa shape index (κ3) is 2.83. The Balaban J connectivity index is 2.15. The SMILES string of the molecule is CCc1csc(-c2ccc(OC)cc2-c2ccccc2)n1. The molecule has 0 aliphatic carbocycles. The summed E-state index contributed by atoms with van der Waals surface area (Å²) in [7, 11) is 1.70. The van der Waals surface area contributed by atoms with Gasteiger partial charge < -0.3 is 4.74 Å². The number of nitrogens with zero attached hydrogens (tertiary/aromatic N) is 1. The van der Waals surface area contributed by atoms with Crippen molar-refractivity contribution in [3.63, 3.8) is 0 Å². The topological polar surface area (TPSA) is 22.1 Å². The van der Waals surface area contributed by atoms with Crippen LogP contribution in [0.3, 0.4) is 0 Å². The fourth-order valence-corrected chi connectivity index (χ4v) is 3.23. The Hall–Kier alpha value is -2.13. The fraction of sp³-hybridized carbons (Fsp3) is 0.167. The van der Waals surface area contributed by atoms with Gasteiger partial charge in [-0.2, -0.15) is 0 Å². The summed E-state index contributed by atoms with van der Waals surface area (Å²) < 4.78 is 5.38. The molecule has 2 nitrogen and oxygen atoms in total. The normalized spacial score (nSPS) is 10.6. The third-order valence-corrected chi connectivity index (χ3v) is 4.38. The summed E-state index contributed by atoms with van der Waals surface area (Å²) in [6, 6.07) is 16.5. The average Bonchev–Trinajstić information content (AvgIpc) is 3.04. The standard InChI is InChI=1S/C18H17NOS/c1-3-14-12-21-18(19-14)16-10-9-15(20-2)11-17(16)13-7-5-4-6-8-13/h4-12H,3H2,1-2H3. The molecule has 21 heavy (non-hydrogen) atoms. The molecule has 3 heteroatoms. The summed E-state index contributed by atoms with van der Waals surface area (Å²) in [5.41, 5.74) is 4.64. The van der Waals surface area contributed by atoms with Crippen LogP contribution in [0.4, 0.5) is 0 Å². The predicted molar refractivity (Wildman–Crippen MR) is 88.9 cm³/mol. The molecule has 0 aliphatic rings. The van der Waals surface area contributed by atoms with Crippen molar-refractivity contribution in [2.45, 2.75) is 13.3 Å². The van der Waals surface area contributed by atoms with Gasteiger partial charge in [0.25, 0.3) is 0 Å². The van der Waals surface area contributed by atoms with Crippen molar-refractivity contribution in [2.75, 3.05) is 7.11 Å². The largest absolute Gasteiger partial charge is 0.497 e. The Morgan fingerprint density at radius 3 is 2.52 bits per heavy atom. The van der Waals surface area contributed by atoms with Crippen LogP contribution in [0.15, 0.2) is 53.9 Å². The maximum atomic E-state index is 5.38. The summed E-state index contributed by atoms with van der Waals surface area (Å²) in [6.07, 6.45) is 0.966. The van der Waals surface area contributed by atoms with E-state index in [1.54, 1.807) is 18.4 Å². The molecule has 1 heterocycles. The van der Waals surface area contributed by atoms with Crippen LogP contribution in [0.1, 0.15) is 12.6 Å². The van der Waals surface area contributed by atoms with Gasteiger partial charge in [0.1, 0.15) is 10.8 Å². The van der Waals surface area contributed by atoms with E-state index in [-0.39, 0.29) is 0 Å². The number of ether oxygens (including phenoxy) is 1. The second-order valence-electron chi connectivity index (χ2n) is 4.78. The molecule has 2 aromatic carbocycles. The number of hydrogen-bond donors (Lipinski definition) is 0. The summed E-state index contributed by atoms with van der Waals surface area (Å²) in [4.78, 5) is 4.72. The van der Waals surface area contributed by atoms with Crippen molar-refractivity contribution in [3.05, 3.63) is 59.6 Å². The minimum atomic E-state index is 0.866. The lowest BCUT2D eigenvalue weighted by atomic mass is 9.99. The van der Waals surface area contributed by atoms with Gasteiger partial charge in [-0.15, -0.1) is 11.3 Å². The molecule has 106 valence electrons. The molecule has 0 saturated heterocycles. The van der Waals surface area contributed by atoms with E-state index in [2.05, 4.69) is 48.7 Å². The van der Waals surface area contributed by atoms with Crippen molar-refractivity contribution < 1.29 is 4.74 Å².